The van der Waals surface area contributed by atoms with E-state index in [1.807, 2.05) is 86.1 Å². The Kier molecular flexibility index (Phi) is 5.81. The highest BCUT2D eigenvalue weighted by molar-refractivity contribution is 5.85. The maximum absolute atomic E-state index is 12.3. The summed E-state index contributed by atoms with van der Waals surface area (Å²) in [5.41, 5.74) is 7.55. The number of carbonyl (C=O) groups excluding carboxylic acids is 1. The van der Waals surface area contributed by atoms with Gasteiger partial charge in [-0.2, -0.15) is 10.2 Å². The summed E-state index contributed by atoms with van der Waals surface area (Å²) in [5.74, 6) is -0.250. The predicted octanol–water partition coefficient (Wildman–Crippen LogP) is 3.82. The van der Waals surface area contributed by atoms with E-state index in [1.54, 1.807) is 6.21 Å². The van der Waals surface area contributed by atoms with E-state index in [2.05, 4.69) is 15.6 Å². The first-order valence-electron chi connectivity index (χ1n) is 9.04. The molecule has 27 heavy (non-hydrogen) atoms. The van der Waals surface area contributed by atoms with Crippen LogP contribution < -0.4 is 5.43 Å². The minimum Gasteiger partial charge on any atom is -0.273 e. The number of hydrazone groups is 1. The number of para-hydroxylation sites is 1. The van der Waals surface area contributed by atoms with Crippen LogP contribution in [-0.2, 0) is 11.2 Å². The van der Waals surface area contributed by atoms with Gasteiger partial charge in [0.25, 0.3) is 0 Å². The van der Waals surface area contributed by atoms with Gasteiger partial charge in [0.15, 0.2) is 0 Å². The summed E-state index contributed by atoms with van der Waals surface area (Å²) in [6, 6.07) is 19.9. The van der Waals surface area contributed by atoms with Gasteiger partial charge in [-0.15, -0.1) is 0 Å². The molecule has 5 nitrogen and oxygen atoms in total. The first kappa shape index (κ1) is 18.6. The maximum Gasteiger partial charge on any atom is 0.243 e. The van der Waals surface area contributed by atoms with Gasteiger partial charge in [0.2, 0.25) is 5.91 Å². The van der Waals surface area contributed by atoms with Crippen molar-refractivity contribution in [2.24, 2.45) is 11.0 Å². The Morgan fingerprint density at radius 1 is 1.11 bits per heavy atom. The number of amides is 1. The van der Waals surface area contributed by atoms with Crippen LogP contribution in [0.1, 0.15) is 29.4 Å². The first-order chi connectivity index (χ1) is 13.1. The molecule has 3 rings (SSSR count). The molecule has 1 N–H and O–H groups in total. The molecule has 0 radical (unpaired) electrons. The Morgan fingerprint density at radius 3 is 2.41 bits per heavy atom. The number of aryl methyl sites for hydroxylation is 1. The molecule has 1 aromatic heterocycles. The summed E-state index contributed by atoms with van der Waals surface area (Å²) in [6.45, 7) is 5.84. The van der Waals surface area contributed by atoms with Gasteiger partial charge in [0.1, 0.15) is 0 Å². The lowest BCUT2D eigenvalue weighted by atomic mass is 10.0. The van der Waals surface area contributed by atoms with Gasteiger partial charge >= 0.3 is 0 Å². The molecule has 0 saturated heterocycles. The lowest BCUT2D eigenvalue weighted by molar-refractivity contribution is -0.124. The molecule has 1 atom stereocenters. The monoisotopic (exact) mass is 360 g/mol. The van der Waals surface area contributed by atoms with Crippen molar-refractivity contribution in [1.29, 1.82) is 0 Å². The van der Waals surface area contributed by atoms with Crippen LogP contribution in [0.25, 0.3) is 5.69 Å². The fourth-order valence-electron chi connectivity index (χ4n) is 2.99. The first-order valence-corrected chi connectivity index (χ1v) is 9.04. The van der Waals surface area contributed by atoms with E-state index in [4.69, 9.17) is 0 Å². The second-order valence-electron chi connectivity index (χ2n) is 6.66. The Balaban J connectivity index is 1.66. The second-order valence-corrected chi connectivity index (χ2v) is 6.66. The van der Waals surface area contributed by atoms with Crippen molar-refractivity contribution < 1.29 is 4.79 Å². The van der Waals surface area contributed by atoms with Gasteiger partial charge < -0.3 is 0 Å². The smallest absolute Gasteiger partial charge is 0.243 e. The fourth-order valence-corrected chi connectivity index (χ4v) is 2.99. The molecule has 0 fully saturated rings. The maximum atomic E-state index is 12.3. The number of aromatic nitrogens is 2. The largest absolute Gasteiger partial charge is 0.273 e. The van der Waals surface area contributed by atoms with Crippen molar-refractivity contribution in [3.8, 4) is 5.69 Å². The van der Waals surface area contributed by atoms with Gasteiger partial charge in [0, 0.05) is 11.5 Å². The van der Waals surface area contributed by atoms with Crippen LogP contribution >= 0.6 is 0 Å². The number of nitrogens with zero attached hydrogens (tertiary/aromatic N) is 3. The normalized spacial score (nSPS) is 12.3. The van der Waals surface area contributed by atoms with E-state index in [0.717, 1.165) is 28.2 Å². The third-order valence-corrected chi connectivity index (χ3v) is 4.55. The van der Waals surface area contributed by atoms with Gasteiger partial charge in [0.05, 0.1) is 23.3 Å². The van der Waals surface area contributed by atoms with Gasteiger partial charge in [-0.1, -0.05) is 55.5 Å². The SMILES string of the molecule is Cc1nn(-c2ccccc2)c(C)c1C=NNC(=O)C(C)Cc1ccccc1. The third-order valence-electron chi connectivity index (χ3n) is 4.55. The number of hydrogen-bond donors (Lipinski definition) is 1. The van der Waals surface area contributed by atoms with Gasteiger partial charge in [-0.25, -0.2) is 10.1 Å². The zero-order valence-corrected chi connectivity index (χ0v) is 15.9. The molecule has 0 aliphatic rings. The lowest BCUT2D eigenvalue weighted by Crippen LogP contribution is -2.26. The summed E-state index contributed by atoms with van der Waals surface area (Å²) in [5, 5.41) is 8.74. The standard InChI is InChI=1S/C22H24N4O/c1-16(14-19-10-6-4-7-11-19)22(27)24-23-15-21-17(2)25-26(18(21)3)20-12-8-5-9-13-20/h4-13,15-16H,14H2,1-3H3,(H,24,27). The van der Waals surface area contributed by atoms with Crippen LogP contribution in [0.15, 0.2) is 65.8 Å². The molecule has 1 amide bonds. The molecule has 1 heterocycles. The summed E-state index contributed by atoms with van der Waals surface area (Å²) < 4.78 is 1.89. The van der Waals surface area contributed by atoms with Crippen LogP contribution in [0, 0.1) is 19.8 Å². The molecule has 0 aliphatic heterocycles. The Hall–Kier alpha value is -3.21. The quantitative estimate of drug-likeness (QED) is 0.537. The average molecular weight is 360 g/mol. The number of nitrogens with one attached hydrogen (secondary N) is 1. The van der Waals surface area contributed by atoms with E-state index >= 15 is 0 Å². The Labute approximate surface area is 159 Å². The molecule has 0 spiro atoms. The average Bonchev–Trinajstić information content (AvgIpc) is 2.97. The van der Waals surface area contributed by atoms with Gasteiger partial charge in [-0.05, 0) is 38.0 Å². The predicted molar refractivity (Wildman–Crippen MR) is 108 cm³/mol. The molecule has 3 aromatic rings. The minimum absolute atomic E-state index is 0.0964. The Bertz CT molecular complexity index is 930. The van der Waals surface area contributed by atoms with Crippen molar-refractivity contribution in [2.45, 2.75) is 27.2 Å². The highest BCUT2D eigenvalue weighted by Crippen LogP contribution is 2.16. The second kappa shape index (κ2) is 8.45. The summed E-state index contributed by atoms with van der Waals surface area (Å²) in [4.78, 5) is 12.3. The number of benzene rings is 2. The van der Waals surface area contributed by atoms with E-state index in [1.165, 1.54) is 0 Å². The molecule has 0 aliphatic carbocycles. The summed E-state index contributed by atoms with van der Waals surface area (Å²) >= 11 is 0. The van der Waals surface area contributed by atoms with Crippen molar-refractivity contribution in [3.05, 3.63) is 83.2 Å². The summed E-state index contributed by atoms with van der Waals surface area (Å²) in [7, 11) is 0. The molecular formula is C22H24N4O. The Morgan fingerprint density at radius 2 is 1.74 bits per heavy atom. The van der Waals surface area contributed by atoms with E-state index < -0.39 is 0 Å². The molecular weight excluding hydrogens is 336 g/mol. The minimum atomic E-state index is -0.154. The van der Waals surface area contributed by atoms with Crippen LogP contribution in [0.3, 0.4) is 0 Å². The molecule has 138 valence electrons. The van der Waals surface area contributed by atoms with Crippen molar-refractivity contribution in [2.75, 3.05) is 0 Å². The number of hydrogen-bond acceptors (Lipinski definition) is 3. The zero-order valence-electron chi connectivity index (χ0n) is 15.9. The third kappa shape index (κ3) is 4.50. The zero-order chi connectivity index (χ0) is 19.2. The topological polar surface area (TPSA) is 59.3 Å². The van der Waals surface area contributed by atoms with Crippen molar-refractivity contribution >= 4 is 12.1 Å². The van der Waals surface area contributed by atoms with Crippen LogP contribution in [-0.4, -0.2) is 21.9 Å². The van der Waals surface area contributed by atoms with Crippen molar-refractivity contribution in [3.63, 3.8) is 0 Å². The van der Waals surface area contributed by atoms with Crippen LogP contribution in [0.2, 0.25) is 0 Å². The van der Waals surface area contributed by atoms with Crippen LogP contribution in [0.4, 0.5) is 0 Å². The summed E-state index contributed by atoms with van der Waals surface area (Å²) in [6.07, 6.45) is 2.36. The molecule has 0 saturated carbocycles. The van der Waals surface area contributed by atoms with Gasteiger partial charge in [-0.3, -0.25) is 4.79 Å². The fraction of sp³-hybridized carbons (Fsp3) is 0.227. The van der Waals surface area contributed by atoms with Crippen molar-refractivity contribution in [1.82, 2.24) is 15.2 Å². The number of rotatable bonds is 6. The molecule has 0 bridgehead atoms. The molecule has 2 aromatic carbocycles. The molecule has 1 unspecified atom stereocenters. The molecule has 5 heteroatoms. The van der Waals surface area contributed by atoms with E-state index in [0.29, 0.717) is 6.42 Å². The van der Waals surface area contributed by atoms with E-state index in [-0.39, 0.29) is 11.8 Å². The van der Waals surface area contributed by atoms with E-state index in [9.17, 15) is 4.79 Å². The highest BCUT2D eigenvalue weighted by Gasteiger charge is 2.14. The number of carbonyl (C=O) groups is 1. The van der Waals surface area contributed by atoms with Crippen LogP contribution in [0.5, 0.6) is 0 Å². The highest BCUT2D eigenvalue weighted by atomic mass is 16.2. The lowest BCUT2D eigenvalue weighted by Gasteiger charge is -2.09.